The van der Waals surface area contributed by atoms with Gasteiger partial charge in [-0.1, -0.05) is 0 Å². The minimum Gasteiger partial charge on any atom is -0.505 e. The van der Waals surface area contributed by atoms with Gasteiger partial charge in [-0.05, 0) is 100 Å². The number of anilines is 2. The van der Waals surface area contributed by atoms with Crippen LogP contribution >= 0.6 is 0 Å². The van der Waals surface area contributed by atoms with Crippen LogP contribution in [0.3, 0.4) is 0 Å². The molecule has 0 unspecified atom stereocenters. The van der Waals surface area contributed by atoms with E-state index in [2.05, 4.69) is 49.8 Å². The fourth-order valence-electron chi connectivity index (χ4n) is 5.98. The number of benzene rings is 4. The Morgan fingerprint density at radius 3 is 1.37 bits per heavy atom. The summed E-state index contributed by atoms with van der Waals surface area (Å²) in [4.78, 5) is 29.6. The second-order valence-electron chi connectivity index (χ2n) is 13.6. The molecule has 7 rings (SSSR count). The Labute approximate surface area is 355 Å². The summed E-state index contributed by atoms with van der Waals surface area (Å²) in [7, 11) is -8.35. The number of hydrogen-bond donors (Lipinski definition) is 8. The molecular formula is C39H32N10O12S2. The zero-order chi connectivity index (χ0) is 45.5. The van der Waals surface area contributed by atoms with Crippen molar-refractivity contribution < 1.29 is 51.9 Å². The fourth-order valence-corrected chi connectivity index (χ4v) is 7.87. The second kappa shape index (κ2) is 16.3. The van der Waals surface area contributed by atoms with Gasteiger partial charge in [0.25, 0.3) is 20.0 Å². The number of nitrogens with one attached hydrogen (secondary N) is 2. The van der Waals surface area contributed by atoms with Gasteiger partial charge in [0.1, 0.15) is 5.39 Å². The minimum atomic E-state index is -4.18. The van der Waals surface area contributed by atoms with Gasteiger partial charge in [0, 0.05) is 28.3 Å². The summed E-state index contributed by atoms with van der Waals surface area (Å²) in [6, 6.07) is 14.7. The summed E-state index contributed by atoms with van der Waals surface area (Å²) in [5.74, 6) is -6.88. The highest BCUT2D eigenvalue weighted by atomic mass is 32.2. The lowest BCUT2D eigenvalue weighted by molar-refractivity contribution is 0.368. The van der Waals surface area contributed by atoms with E-state index in [1.807, 2.05) is 0 Å². The van der Waals surface area contributed by atoms with Crippen LogP contribution in [0.2, 0.25) is 0 Å². The number of rotatable bonds is 11. The molecule has 3 aromatic heterocycles. The monoisotopic (exact) mass is 896 g/mol. The standard InChI is InChI=1S/C39H32N10O12S2/c1-17-13-18(2)41-38(40-17)48-62(57,58)24-9-5-22(6-10-24)44-46-29-32(53)28-33(54)35(56)36(21-15-26(50)31(52)27(51)16-21)61-37(28)30(34(29)55)47-45-23-7-11-25(12-8-23)63(59,60)49-39-42-19(3)14-20(4)43-39/h5-16,50-53,55-56H,1-4H3,(H,40,41,48)(H,42,43,49). The summed E-state index contributed by atoms with van der Waals surface area (Å²) in [5, 5.41) is 79.0. The van der Waals surface area contributed by atoms with Gasteiger partial charge in [-0.15, -0.1) is 10.2 Å². The molecule has 0 bridgehead atoms. The average molecular weight is 897 g/mol. The summed E-state index contributed by atoms with van der Waals surface area (Å²) < 4.78 is 62.6. The highest BCUT2D eigenvalue weighted by Gasteiger charge is 2.28. The number of fused-ring (bicyclic) bond motifs is 1. The topological polar surface area (TPSA) is 345 Å². The number of aryl methyl sites for hydroxylation is 4. The van der Waals surface area contributed by atoms with E-state index < -0.39 is 88.1 Å². The first-order chi connectivity index (χ1) is 29.7. The lowest BCUT2D eigenvalue weighted by atomic mass is 10.1. The van der Waals surface area contributed by atoms with Gasteiger partial charge in [0.05, 0.1) is 21.2 Å². The maximum atomic E-state index is 13.7. The van der Waals surface area contributed by atoms with Crippen LogP contribution in [0.5, 0.6) is 34.5 Å². The molecule has 0 saturated carbocycles. The SMILES string of the molecule is Cc1cc(C)nc(NS(=O)(=O)c2ccc(N=Nc3c(O)c(N=Nc4ccc(S(=O)(=O)Nc5nc(C)cc(C)n5)cc4)c4oc(-c5cc(O)c(O)c(O)c5)c(O)c(=O)c4c3O)cc2)n1. The lowest BCUT2D eigenvalue weighted by Crippen LogP contribution is -2.15. The molecule has 0 aliphatic carbocycles. The van der Waals surface area contributed by atoms with Crippen molar-refractivity contribution in [2.45, 2.75) is 37.5 Å². The van der Waals surface area contributed by atoms with Gasteiger partial charge in [0.15, 0.2) is 51.5 Å². The Hall–Kier alpha value is -8.25. The average Bonchev–Trinajstić information content (AvgIpc) is 3.20. The molecule has 0 atom stereocenters. The maximum Gasteiger partial charge on any atom is 0.264 e. The Balaban J connectivity index is 1.29. The Morgan fingerprint density at radius 2 is 0.937 bits per heavy atom. The third-order valence-corrected chi connectivity index (χ3v) is 11.5. The second-order valence-corrected chi connectivity index (χ2v) is 17.0. The molecule has 63 heavy (non-hydrogen) atoms. The van der Waals surface area contributed by atoms with Crippen molar-refractivity contribution in [3.63, 3.8) is 0 Å². The number of phenols is 5. The van der Waals surface area contributed by atoms with Crippen molar-refractivity contribution in [1.82, 2.24) is 19.9 Å². The molecule has 0 spiro atoms. The van der Waals surface area contributed by atoms with Crippen molar-refractivity contribution in [3.8, 4) is 45.8 Å². The van der Waals surface area contributed by atoms with Crippen molar-refractivity contribution in [1.29, 1.82) is 0 Å². The highest BCUT2D eigenvalue weighted by Crippen LogP contribution is 2.52. The number of sulfonamides is 2. The predicted molar refractivity (Wildman–Crippen MR) is 224 cm³/mol. The number of phenolic OH excluding ortho intramolecular Hbond substituents is 5. The predicted octanol–water partition coefficient (Wildman–Crippen LogP) is 6.94. The molecule has 4 aromatic carbocycles. The Morgan fingerprint density at radius 1 is 0.524 bits per heavy atom. The first kappa shape index (κ1) is 42.9. The van der Waals surface area contributed by atoms with E-state index in [-0.39, 0.29) is 38.6 Å². The molecule has 0 saturated heterocycles. The molecule has 8 N–H and O–H groups in total. The van der Waals surface area contributed by atoms with Gasteiger partial charge in [-0.25, -0.2) is 46.2 Å². The van der Waals surface area contributed by atoms with E-state index in [1.165, 1.54) is 48.5 Å². The number of aromatic nitrogens is 4. The highest BCUT2D eigenvalue weighted by molar-refractivity contribution is 7.93. The van der Waals surface area contributed by atoms with Crippen LogP contribution in [0.15, 0.2) is 112 Å². The van der Waals surface area contributed by atoms with Crippen LogP contribution in [0.4, 0.5) is 34.6 Å². The van der Waals surface area contributed by atoms with Crippen LogP contribution in [0, 0.1) is 27.7 Å². The third-order valence-electron chi connectivity index (χ3n) is 8.79. The zero-order valence-electron chi connectivity index (χ0n) is 33.0. The first-order valence-corrected chi connectivity index (χ1v) is 20.9. The van der Waals surface area contributed by atoms with E-state index in [4.69, 9.17) is 4.42 Å². The van der Waals surface area contributed by atoms with Crippen LogP contribution in [0.25, 0.3) is 22.3 Å². The fraction of sp³-hybridized carbons (Fsp3) is 0.103. The minimum absolute atomic E-state index is 0.00974. The Kier molecular flexibility index (Phi) is 11.1. The quantitative estimate of drug-likeness (QED) is 0.0481. The molecule has 22 nitrogen and oxygen atoms in total. The van der Waals surface area contributed by atoms with Crippen LogP contribution in [-0.2, 0) is 20.0 Å². The molecule has 0 aliphatic rings. The van der Waals surface area contributed by atoms with Crippen molar-refractivity contribution in [2.24, 2.45) is 20.5 Å². The molecule has 24 heteroatoms. The van der Waals surface area contributed by atoms with Gasteiger partial charge >= 0.3 is 0 Å². The van der Waals surface area contributed by atoms with Gasteiger partial charge in [-0.3, -0.25) is 4.79 Å². The maximum absolute atomic E-state index is 13.7. The van der Waals surface area contributed by atoms with Crippen LogP contribution in [0.1, 0.15) is 22.8 Å². The summed E-state index contributed by atoms with van der Waals surface area (Å²) in [6.45, 7) is 6.68. The summed E-state index contributed by atoms with van der Waals surface area (Å²) >= 11 is 0. The molecular weight excluding hydrogens is 865 g/mol. The van der Waals surface area contributed by atoms with Crippen LogP contribution in [-0.4, -0.2) is 67.4 Å². The largest absolute Gasteiger partial charge is 0.505 e. The molecule has 0 amide bonds. The summed E-state index contributed by atoms with van der Waals surface area (Å²) in [5.41, 5.74) is -1.74. The number of aromatic hydroxyl groups is 6. The first-order valence-electron chi connectivity index (χ1n) is 18.0. The van der Waals surface area contributed by atoms with Crippen molar-refractivity contribution in [2.75, 3.05) is 9.44 Å². The van der Waals surface area contributed by atoms with Crippen LogP contribution < -0.4 is 14.9 Å². The number of hydrogen-bond acceptors (Lipinski definition) is 20. The third kappa shape index (κ3) is 8.82. The van der Waals surface area contributed by atoms with E-state index in [0.717, 1.165) is 12.1 Å². The Bertz CT molecular complexity index is 3280. The molecule has 3 heterocycles. The van der Waals surface area contributed by atoms with Crippen molar-refractivity contribution in [3.05, 3.63) is 106 Å². The molecule has 7 aromatic rings. The van der Waals surface area contributed by atoms with Gasteiger partial charge in [0.2, 0.25) is 23.1 Å². The lowest BCUT2D eigenvalue weighted by Gasteiger charge is -2.12. The summed E-state index contributed by atoms with van der Waals surface area (Å²) in [6.07, 6.45) is 0. The number of nitrogens with zero attached hydrogens (tertiary/aromatic N) is 8. The van der Waals surface area contributed by atoms with E-state index in [0.29, 0.717) is 22.8 Å². The zero-order valence-corrected chi connectivity index (χ0v) is 34.6. The molecule has 0 radical (unpaired) electrons. The van der Waals surface area contributed by atoms with Gasteiger partial charge in [-0.2, -0.15) is 10.2 Å². The van der Waals surface area contributed by atoms with E-state index in [9.17, 15) is 52.3 Å². The number of azo groups is 2. The molecule has 0 aliphatic heterocycles. The smallest absolute Gasteiger partial charge is 0.264 e. The van der Waals surface area contributed by atoms with Gasteiger partial charge < -0.3 is 35.1 Å². The van der Waals surface area contributed by atoms with Crippen molar-refractivity contribution >= 4 is 65.7 Å². The van der Waals surface area contributed by atoms with E-state index >= 15 is 0 Å². The molecule has 0 fully saturated rings. The normalized spacial score (nSPS) is 12.1. The van der Waals surface area contributed by atoms with E-state index in [1.54, 1.807) is 39.8 Å². The molecule has 322 valence electrons.